The van der Waals surface area contributed by atoms with E-state index in [1.165, 1.54) is 0 Å². The highest BCUT2D eigenvalue weighted by Gasteiger charge is 2.30. The lowest BCUT2D eigenvalue weighted by molar-refractivity contribution is -0.0284. The number of nitrogens with zero attached hydrogens (tertiary/aromatic N) is 1. The van der Waals surface area contributed by atoms with Crippen LogP contribution in [-0.4, -0.2) is 35.7 Å². The molecule has 0 spiro atoms. The van der Waals surface area contributed by atoms with Crippen LogP contribution in [-0.2, 0) is 4.74 Å². The van der Waals surface area contributed by atoms with Gasteiger partial charge in [-0.1, -0.05) is 0 Å². The summed E-state index contributed by atoms with van der Waals surface area (Å²) in [7, 11) is 0. The number of hydrogen-bond acceptors (Lipinski definition) is 2. The molecule has 0 N–H and O–H groups in total. The lowest BCUT2D eigenvalue weighted by Crippen LogP contribution is -2.48. The minimum Gasteiger partial charge on any atom is -0.374 e. The summed E-state index contributed by atoms with van der Waals surface area (Å²) in [6, 6.07) is 0. The Morgan fingerprint density at radius 3 is 2.38 bits per heavy atom. The zero-order chi connectivity index (χ0) is 10.1. The average Bonchev–Trinajstić information content (AvgIpc) is 2.08. The average molecular weight is 185 g/mol. The van der Waals surface area contributed by atoms with Crippen molar-refractivity contribution in [1.82, 2.24) is 4.90 Å². The summed E-state index contributed by atoms with van der Waals surface area (Å²) in [6.45, 7) is 14.3. The van der Waals surface area contributed by atoms with E-state index in [0.29, 0.717) is 0 Å². The van der Waals surface area contributed by atoms with Gasteiger partial charge in [-0.05, 0) is 41.0 Å². The van der Waals surface area contributed by atoms with Crippen molar-refractivity contribution in [3.8, 4) is 0 Å². The van der Waals surface area contributed by atoms with Crippen molar-refractivity contribution in [2.24, 2.45) is 0 Å². The van der Waals surface area contributed by atoms with Crippen LogP contribution in [0.25, 0.3) is 0 Å². The second-order valence-electron chi connectivity index (χ2n) is 5.55. The fraction of sp³-hybridized carbons (Fsp3) is 1.00. The first-order valence-corrected chi connectivity index (χ1v) is 5.20. The van der Waals surface area contributed by atoms with Gasteiger partial charge in [0.2, 0.25) is 0 Å². The first kappa shape index (κ1) is 11.0. The van der Waals surface area contributed by atoms with E-state index >= 15 is 0 Å². The van der Waals surface area contributed by atoms with E-state index in [0.717, 1.165) is 26.1 Å². The van der Waals surface area contributed by atoms with Crippen LogP contribution in [0, 0.1) is 0 Å². The van der Waals surface area contributed by atoms with Crippen molar-refractivity contribution < 1.29 is 4.74 Å². The highest BCUT2D eigenvalue weighted by Crippen LogP contribution is 2.22. The lowest BCUT2D eigenvalue weighted by atomic mass is 10.0. The van der Waals surface area contributed by atoms with E-state index in [1.807, 2.05) is 0 Å². The molecule has 0 aromatic carbocycles. The third-order valence-corrected chi connectivity index (χ3v) is 2.59. The van der Waals surface area contributed by atoms with Crippen molar-refractivity contribution in [3.63, 3.8) is 0 Å². The summed E-state index contributed by atoms with van der Waals surface area (Å²) >= 11 is 0. The smallest absolute Gasteiger partial charge is 0.0753 e. The Morgan fingerprint density at radius 1 is 1.23 bits per heavy atom. The molecule has 0 unspecified atom stereocenters. The minimum atomic E-state index is 0.0176. The molecule has 0 aliphatic carbocycles. The van der Waals surface area contributed by atoms with Crippen LogP contribution in [0.4, 0.5) is 0 Å². The van der Waals surface area contributed by atoms with Crippen LogP contribution in [0.3, 0.4) is 0 Å². The first-order valence-electron chi connectivity index (χ1n) is 5.20. The van der Waals surface area contributed by atoms with E-state index in [1.54, 1.807) is 0 Å². The van der Waals surface area contributed by atoms with Gasteiger partial charge in [-0.15, -0.1) is 0 Å². The van der Waals surface area contributed by atoms with Crippen LogP contribution in [0.1, 0.15) is 41.0 Å². The topological polar surface area (TPSA) is 12.5 Å². The molecule has 78 valence electrons. The Balaban J connectivity index is 2.65. The van der Waals surface area contributed by atoms with E-state index in [2.05, 4.69) is 39.5 Å². The third kappa shape index (κ3) is 3.28. The molecular weight excluding hydrogens is 162 g/mol. The quantitative estimate of drug-likeness (QED) is 0.574. The summed E-state index contributed by atoms with van der Waals surface area (Å²) in [5.41, 5.74) is 0.286. The lowest BCUT2D eigenvalue weighted by Gasteiger charge is -2.38. The minimum absolute atomic E-state index is 0.0176. The largest absolute Gasteiger partial charge is 0.374 e. The monoisotopic (exact) mass is 185 g/mol. The molecule has 1 aliphatic heterocycles. The zero-order valence-corrected chi connectivity index (χ0v) is 9.68. The Kier molecular flexibility index (Phi) is 3.03. The van der Waals surface area contributed by atoms with Crippen LogP contribution in [0.2, 0.25) is 0 Å². The van der Waals surface area contributed by atoms with E-state index in [9.17, 15) is 0 Å². The van der Waals surface area contributed by atoms with Crippen LogP contribution in [0.15, 0.2) is 0 Å². The maximum absolute atomic E-state index is 5.77. The normalized spacial score (nSPS) is 25.6. The Bertz CT molecular complexity index is 169. The van der Waals surface area contributed by atoms with Gasteiger partial charge in [0, 0.05) is 25.2 Å². The molecule has 0 radical (unpaired) electrons. The fourth-order valence-corrected chi connectivity index (χ4v) is 1.76. The summed E-state index contributed by atoms with van der Waals surface area (Å²) in [4.78, 5) is 2.51. The molecule has 0 aromatic rings. The van der Waals surface area contributed by atoms with Crippen LogP contribution >= 0.6 is 0 Å². The zero-order valence-electron chi connectivity index (χ0n) is 9.68. The molecule has 0 saturated carbocycles. The SMILES string of the molecule is CC1(C)CN(C(C)(C)C)CCCO1. The van der Waals surface area contributed by atoms with Gasteiger partial charge in [0.25, 0.3) is 0 Å². The van der Waals surface area contributed by atoms with Crippen molar-refractivity contribution in [2.45, 2.75) is 52.2 Å². The van der Waals surface area contributed by atoms with Crippen LogP contribution in [0.5, 0.6) is 0 Å². The number of ether oxygens (including phenoxy) is 1. The summed E-state index contributed by atoms with van der Waals surface area (Å²) in [5.74, 6) is 0. The Labute approximate surface area is 82.3 Å². The standard InChI is InChI=1S/C11H23NO/c1-10(2,3)12-7-6-8-13-11(4,5)9-12/h6-9H2,1-5H3. The van der Waals surface area contributed by atoms with E-state index < -0.39 is 0 Å². The molecule has 0 bridgehead atoms. The molecule has 2 nitrogen and oxygen atoms in total. The molecule has 0 amide bonds. The highest BCUT2D eigenvalue weighted by atomic mass is 16.5. The Hall–Kier alpha value is -0.0800. The molecule has 1 saturated heterocycles. The second-order valence-corrected chi connectivity index (χ2v) is 5.55. The second kappa shape index (κ2) is 3.58. The van der Waals surface area contributed by atoms with Gasteiger partial charge < -0.3 is 4.74 Å². The van der Waals surface area contributed by atoms with E-state index in [4.69, 9.17) is 4.74 Å². The molecule has 13 heavy (non-hydrogen) atoms. The molecule has 1 aliphatic rings. The fourth-order valence-electron chi connectivity index (χ4n) is 1.76. The van der Waals surface area contributed by atoms with Crippen molar-refractivity contribution in [3.05, 3.63) is 0 Å². The maximum Gasteiger partial charge on any atom is 0.0753 e. The summed E-state index contributed by atoms with van der Waals surface area (Å²) in [5, 5.41) is 0. The molecular formula is C11H23NO. The maximum atomic E-state index is 5.77. The van der Waals surface area contributed by atoms with Crippen molar-refractivity contribution >= 4 is 0 Å². The van der Waals surface area contributed by atoms with Gasteiger partial charge in [-0.2, -0.15) is 0 Å². The predicted octanol–water partition coefficient (Wildman–Crippen LogP) is 2.29. The van der Waals surface area contributed by atoms with Gasteiger partial charge in [-0.25, -0.2) is 0 Å². The summed E-state index contributed by atoms with van der Waals surface area (Å²) < 4.78 is 5.77. The highest BCUT2D eigenvalue weighted by molar-refractivity contribution is 4.84. The summed E-state index contributed by atoms with van der Waals surface area (Å²) in [6.07, 6.45) is 1.15. The van der Waals surface area contributed by atoms with Gasteiger partial charge in [0.1, 0.15) is 0 Å². The molecule has 2 heteroatoms. The molecule has 1 heterocycles. The van der Waals surface area contributed by atoms with Crippen molar-refractivity contribution in [2.75, 3.05) is 19.7 Å². The third-order valence-electron chi connectivity index (χ3n) is 2.59. The predicted molar refractivity (Wildman–Crippen MR) is 56.0 cm³/mol. The molecule has 0 atom stereocenters. The number of rotatable bonds is 0. The molecule has 1 fully saturated rings. The van der Waals surface area contributed by atoms with Gasteiger partial charge >= 0.3 is 0 Å². The van der Waals surface area contributed by atoms with Crippen LogP contribution < -0.4 is 0 Å². The first-order chi connectivity index (χ1) is 5.81. The van der Waals surface area contributed by atoms with Gasteiger partial charge in [0.15, 0.2) is 0 Å². The van der Waals surface area contributed by atoms with Gasteiger partial charge in [-0.3, -0.25) is 4.90 Å². The molecule has 0 aromatic heterocycles. The van der Waals surface area contributed by atoms with Gasteiger partial charge in [0.05, 0.1) is 5.60 Å². The number of hydrogen-bond donors (Lipinski definition) is 0. The van der Waals surface area contributed by atoms with E-state index in [-0.39, 0.29) is 11.1 Å². The Morgan fingerprint density at radius 2 is 1.85 bits per heavy atom. The van der Waals surface area contributed by atoms with Crippen molar-refractivity contribution in [1.29, 1.82) is 0 Å². The molecule has 1 rings (SSSR count).